The van der Waals surface area contributed by atoms with Crippen LogP contribution in [0.2, 0.25) is 0 Å². The monoisotopic (exact) mass is 223 g/mol. The minimum Gasteiger partial charge on any atom is -0.469 e. The van der Waals surface area contributed by atoms with E-state index < -0.39 is 5.92 Å². The molecule has 1 rings (SSSR count). The zero-order valence-corrected chi connectivity index (χ0v) is 9.51. The summed E-state index contributed by atoms with van der Waals surface area (Å²) in [6, 6.07) is 9.30. The molecular weight excluding hydrogens is 206 g/mol. The van der Waals surface area contributed by atoms with E-state index in [1.807, 2.05) is 30.3 Å². The van der Waals surface area contributed by atoms with Crippen molar-refractivity contribution in [3.05, 3.63) is 35.9 Å². The van der Waals surface area contributed by atoms with E-state index in [1.54, 1.807) is 6.92 Å². The molecule has 0 heterocycles. The smallest absolute Gasteiger partial charge is 0.310 e. The van der Waals surface area contributed by atoms with Crippen LogP contribution in [0.1, 0.15) is 12.5 Å². The molecule has 4 heteroatoms. The third-order valence-corrected chi connectivity index (χ3v) is 2.61. The fraction of sp³-hybridized carbons (Fsp3) is 0.417. The number of hydrogen-bond acceptors (Lipinski definition) is 4. The first-order valence-electron chi connectivity index (χ1n) is 5.20. The lowest BCUT2D eigenvalue weighted by Crippen LogP contribution is -2.38. The molecule has 2 unspecified atom stereocenters. The van der Waals surface area contributed by atoms with Crippen LogP contribution in [0.4, 0.5) is 0 Å². The van der Waals surface area contributed by atoms with Gasteiger partial charge in [-0.15, -0.1) is 0 Å². The molecule has 0 saturated heterocycles. The first kappa shape index (κ1) is 12.7. The predicted octanol–water partition coefficient (Wildman–Crippen LogP) is 1.39. The van der Waals surface area contributed by atoms with Crippen molar-refractivity contribution >= 4 is 5.97 Å². The first-order valence-corrected chi connectivity index (χ1v) is 5.20. The van der Waals surface area contributed by atoms with E-state index >= 15 is 0 Å². The second kappa shape index (κ2) is 6.25. The molecule has 2 N–H and O–H groups in total. The molecule has 0 spiro atoms. The molecule has 0 aromatic heterocycles. The number of hydrogen-bond donors (Lipinski definition) is 2. The molecule has 0 bridgehead atoms. The van der Waals surface area contributed by atoms with E-state index in [2.05, 4.69) is 5.48 Å². The molecule has 0 aliphatic carbocycles. The first-order chi connectivity index (χ1) is 7.69. The summed E-state index contributed by atoms with van der Waals surface area (Å²) in [5, 5.41) is 8.87. The zero-order valence-electron chi connectivity index (χ0n) is 9.51. The highest BCUT2D eigenvalue weighted by atomic mass is 16.5. The highest BCUT2D eigenvalue weighted by Crippen LogP contribution is 2.14. The molecule has 4 nitrogen and oxygen atoms in total. The lowest BCUT2D eigenvalue weighted by molar-refractivity contribution is -0.147. The number of methoxy groups -OCH3 is 1. The van der Waals surface area contributed by atoms with Gasteiger partial charge in [0, 0.05) is 6.04 Å². The van der Waals surface area contributed by atoms with Crippen LogP contribution in [0.3, 0.4) is 0 Å². The summed E-state index contributed by atoms with van der Waals surface area (Å²) in [6.07, 6.45) is 0.544. The molecule has 0 radical (unpaired) electrons. The average Bonchev–Trinajstić information content (AvgIpc) is 2.35. The summed E-state index contributed by atoms with van der Waals surface area (Å²) in [7, 11) is 1.35. The average molecular weight is 223 g/mol. The molecule has 0 aliphatic rings. The molecule has 16 heavy (non-hydrogen) atoms. The molecule has 1 aromatic rings. The van der Waals surface area contributed by atoms with Crippen molar-refractivity contribution in [3.8, 4) is 0 Å². The molecule has 0 amide bonds. The van der Waals surface area contributed by atoms with Crippen LogP contribution >= 0.6 is 0 Å². The van der Waals surface area contributed by atoms with Gasteiger partial charge in [0.25, 0.3) is 0 Å². The molecule has 1 aromatic carbocycles. The Kier molecular flexibility index (Phi) is 4.95. The number of rotatable bonds is 5. The van der Waals surface area contributed by atoms with Crippen molar-refractivity contribution in [2.24, 2.45) is 5.92 Å². The van der Waals surface area contributed by atoms with Gasteiger partial charge >= 0.3 is 5.97 Å². The molecule has 88 valence electrons. The number of benzene rings is 1. The van der Waals surface area contributed by atoms with E-state index in [0.29, 0.717) is 6.42 Å². The summed E-state index contributed by atoms with van der Waals surface area (Å²) >= 11 is 0. The van der Waals surface area contributed by atoms with Crippen LogP contribution < -0.4 is 5.48 Å². The van der Waals surface area contributed by atoms with Gasteiger partial charge in [-0.3, -0.25) is 4.79 Å². The number of carbonyl (C=O) groups excluding carboxylic acids is 1. The van der Waals surface area contributed by atoms with Gasteiger partial charge < -0.3 is 9.94 Å². The number of nitrogens with one attached hydrogen (secondary N) is 1. The SMILES string of the molecule is COC(=O)C(Cc1ccccc1)C(C)NO. The molecule has 0 fully saturated rings. The Morgan fingerprint density at radius 2 is 2.06 bits per heavy atom. The van der Waals surface area contributed by atoms with Crippen LogP contribution in [-0.2, 0) is 16.0 Å². The van der Waals surface area contributed by atoms with Crippen molar-refractivity contribution in [1.82, 2.24) is 5.48 Å². The fourth-order valence-corrected chi connectivity index (χ4v) is 1.57. The lowest BCUT2D eigenvalue weighted by Gasteiger charge is -2.20. The number of esters is 1. The third kappa shape index (κ3) is 3.32. The van der Waals surface area contributed by atoms with Crippen LogP contribution in [-0.4, -0.2) is 24.3 Å². The summed E-state index contributed by atoms with van der Waals surface area (Å²) in [6.45, 7) is 1.74. The zero-order chi connectivity index (χ0) is 12.0. The largest absolute Gasteiger partial charge is 0.469 e. The summed E-state index contributed by atoms with van der Waals surface area (Å²) in [5.74, 6) is -0.713. The summed E-state index contributed by atoms with van der Waals surface area (Å²) < 4.78 is 4.72. The number of carbonyl (C=O) groups is 1. The van der Waals surface area contributed by atoms with Gasteiger partial charge in [-0.25, -0.2) is 5.48 Å². The maximum atomic E-state index is 11.5. The van der Waals surface area contributed by atoms with E-state index in [-0.39, 0.29) is 12.0 Å². The van der Waals surface area contributed by atoms with Gasteiger partial charge in [0.1, 0.15) is 0 Å². The molecule has 0 aliphatic heterocycles. The van der Waals surface area contributed by atoms with Crippen LogP contribution in [0.15, 0.2) is 30.3 Å². The van der Waals surface area contributed by atoms with Crippen molar-refractivity contribution in [2.45, 2.75) is 19.4 Å². The van der Waals surface area contributed by atoms with E-state index in [4.69, 9.17) is 9.94 Å². The Morgan fingerprint density at radius 3 is 2.56 bits per heavy atom. The second-order valence-corrected chi connectivity index (χ2v) is 3.74. The van der Waals surface area contributed by atoms with E-state index in [1.165, 1.54) is 7.11 Å². The standard InChI is InChI=1S/C12H17NO3/c1-9(13-15)11(12(14)16-2)8-10-6-4-3-5-7-10/h3-7,9,11,13,15H,8H2,1-2H3. The Labute approximate surface area is 95.2 Å². The predicted molar refractivity (Wildman–Crippen MR) is 60.0 cm³/mol. The Morgan fingerprint density at radius 1 is 1.44 bits per heavy atom. The van der Waals surface area contributed by atoms with E-state index in [0.717, 1.165) is 5.56 Å². The third-order valence-electron chi connectivity index (χ3n) is 2.61. The van der Waals surface area contributed by atoms with Crippen molar-refractivity contribution < 1.29 is 14.7 Å². The Bertz CT molecular complexity index is 326. The fourth-order valence-electron chi connectivity index (χ4n) is 1.57. The highest BCUT2D eigenvalue weighted by molar-refractivity contribution is 5.73. The topological polar surface area (TPSA) is 58.6 Å². The second-order valence-electron chi connectivity index (χ2n) is 3.74. The Hall–Kier alpha value is -1.39. The molecule has 2 atom stereocenters. The Balaban J connectivity index is 2.75. The maximum Gasteiger partial charge on any atom is 0.310 e. The summed E-state index contributed by atoms with van der Waals surface area (Å²) in [5.41, 5.74) is 3.14. The minimum atomic E-state index is -0.391. The highest BCUT2D eigenvalue weighted by Gasteiger charge is 2.25. The van der Waals surface area contributed by atoms with E-state index in [9.17, 15) is 4.79 Å². The summed E-state index contributed by atoms with van der Waals surface area (Å²) in [4.78, 5) is 11.5. The molecule has 0 saturated carbocycles. The normalized spacial score (nSPS) is 14.2. The van der Waals surface area contributed by atoms with Crippen LogP contribution in [0.25, 0.3) is 0 Å². The van der Waals surface area contributed by atoms with Gasteiger partial charge in [-0.2, -0.15) is 0 Å². The van der Waals surface area contributed by atoms with Crippen LogP contribution in [0.5, 0.6) is 0 Å². The maximum absolute atomic E-state index is 11.5. The number of hydroxylamine groups is 1. The van der Waals surface area contributed by atoms with Gasteiger partial charge in [0.05, 0.1) is 13.0 Å². The van der Waals surface area contributed by atoms with Gasteiger partial charge in [0.2, 0.25) is 0 Å². The number of ether oxygens (including phenoxy) is 1. The van der Waals surface area contributed by atoms with Gasteiger partial charge in [-0.05, 0) is 18.9 Å². The molecular formula is C12H17NO3. The van der Waals surface area contributed by atoms with Crippen molar-refractivity contribution in [1.29, 1.82) is 0 Å². The van der Waals surface area contributed by atoms with Crippen LogP contribution in [0, 0.1) is 5.92 Å². The lowest BCUT2D eigenvalue weighted by atomic mass is 9.93. The van der Waals surface area contributed by atoms with Crippen molar-refractivity contribution in [2.75, 3.05) is 7.11 Å². The van der Waals surface area contributed by atoms with Gasteiger partial charge in [0.15, 0.2) is 0 Å². The quantitative estimate of drug-likeness (QED) is 0.585. The van der Waals surface area contributed by atoms with Gasteiger partial charge in [-0.1, -0.05) is 30.3 Å². The minimum absolute atomic E-state index is 0.321. The van der Waals surface area contributed by atoms with Crippen molar-refractivity contribution in [3.63, 3.8) is 0 Å².